The van der Waals surface area contributed by atoms with Gasteiger partial charge in [-0.1, -0.05) is 23.3 Å². The molecule has 1 fully saturated rings. The van der Waals surface area contributed by atoms with E-state index in [0.29, 0.717) is 73.0 Å². The lowest BCUT2D eigenvalue weighted by atomic mass is 9.79. The van der Waals surface area contributed by atoms with Crippen molar-refractivity contribution in [2.45, 2.75) is 44.4 Å². The number of hydrogen-bond acceptors (Lipinski definition) is 10. The number of piperidine rings is 1. The molecule has 0 aliphatic carbocycles. The molecule has 3 aromatic heterocycles. The van der Waals surface area contributed by atoms with Gasteiger partial charge < -0.3 is 23.4 Å². The number of amides is 1. The van der Waals surface area contributed by atoms with E-state index in [2.05, 4.69) is 32.2 Å². The van der Waals surface area contributed by atoms with Crippen LogP contribution in [0.25, 0.3) is 23.0 Å². The van der Waals surface area contributed by atoms with E-state index in [-0.39, 0.29) is 11.3 Å². The molecule has 11 heteroatoms. The zero-order valence-corrected chi connectivity index (χ0v) is 21.7. The van der Waals surface area contributed by atoms with Gasteiger partial charge in [0.05, 0.1) is 14.2 Å². The fraction of sp³-hybridized carbons (Fsp3) is 0.407. The van der Waals surface area contributed by atoms with Crippen molar-refractivity contribution in [2.75, 3.05) is 27.3 Å². The molecule has 1 aliphatic rings. The molecule has 4 aromatic rings. The van der Waals surface area contributed by atoms with Crippen LogP contribution in [0.3, 0.4) is 0 Å². The van der Waals surface area contributed by atoms with E-state index in [4.69, 9.17) is 18.5 Å². The summed E-state index contributed by atoms with van der Waals surface area (Å²) in [5, 5.41) is 8.29. The molecule has 1 saturated heterocycles. The summed E-state index contributed by atoms with van der Waals surface area (Å²) in [6.45, 7) is 3.41. The van der Waals surface area contributed by atoms with Crippen LogP contribution in [0.1, 0.15) is 44.3 Å². The van der Waals surface area contributed by atoms with E-state index in [9.17, 15) is 4.79 Å². The molecule has 0 radical (unpaired) electrons. The Labute approximate surface area is 220 Å². The van der Waals surface area contributed by atoms with Crippen molar-refractivity contribution >= 4 is 5.91 Å². The average molecular weight is 519 g/mol. The normalized spacial score (nSPS) is 14.9. The number of aryl methyl sites for hydroxylation is 1. The molecule has 38 heavy (non-hydrogen) atoms. The molecule has 11 nitrogen and oxygen atoms in total. The second kappa shape index (κ2) is 11.0. The van der Waals surface area contributed by atoms with Gasteiger partial charge in [-0.2, -0.15) is 9.97 Å². The third-order valence-electron chi connectivity index (χ3n) is 6.96. The van der Waals surface area contributed by atoms with Gasteiger partial charge in [0, 0.05) is 43.1 Å². The number of hydrogen-bond donors (Lipinski definition) is 0. The summed E-state index contributed by atoms with van der Waals surface area (Å²) in [6, 6.07) is 11.0. The molecule has 0 atom stereocenters. The third-order valence-corrected chi connectivity index (χ3v) is 6.96. The van der Waals surface area contributed by atoms with Crippen molar-refractivity contribution in [1.82, 2.24) is 30.2 Å². The first-order valence-corrected chi connectivity index (χ1v) is 12.6. The van der Waals surface area contributed by atoms with Gasteiger partial charge in [0.2, 0.25) is 17.6 Å². The number of ether oxygens (including phenoxy) is 2. The maximum atomic E-state index is 12.9. The number of likely N-dealkylation sites (tertiary alicyclic amines) is 1. The summed E-state index contributed by atoms with van der Waals surface area (Å²) in [6.07, 6.45) is 4.78. The second-order valence-corrected chi connectivity index (χ2v) is 9.51. The number of carbonyl (C=O) groups is 1. The van der Waals surface area contributed by atoms with Gasteiger partial charge in [0.25, 0.3) is 5.89 Å². The van der Waals surface area contributed by atoms with Crippen LogP contribution in [-0.2, 0) is 16.6 Å². The quantitative estimate of drug-likeness (QED) is 0.319. The summed E-state index contributed by atoms with van der Waals surface area (Å²) in [4.78, 5) is 28.1. The monoisotopic (exact) mass is 518 g/mol. The molecule has 1 aliphatic heterocycles. The Morgan fingerprint density at radius 1 is 1.03 bits per heavy atom. The highest BCUT2D eigenvalue weighted by Crippen LogP contribution is 2.35. The van der Waals surface area contributed by atoms with Gasteiger partial charge in [-0.3, -0.25) is 9.78 Å². The summed E-state index contributed by atoms with van der Waals surface area (Å²) in [5.74, 6) is 3.37. The van der Waals surface area contributed by atoms with Crippen LogP contribution < -0.4 is 9.47 Å². The predicted molar refractivity (Wildman–Crippen MR) is 136 cm³/mol. The Morgan fingerprint density at radius 2 is 1.84 bits per heavy atom. The summed E-state index contributed by atoms with van der Waals surface area (Å²) in [5.41, 5.74) is 1.16. The van der Waals surface area contributed by atoms with Gasteiger partial charge in [0.1, 0.15) is 5.69 Å². The lowest BCUT2D eigenvalue weighted by Gasteiger charge is -2.37. The van der Waals surface area contributed by atoms with Crippen molar-refractivity contribution in [1.29, 1.82) is 0 Å². The lowest BCUT2D eigenvalue weighted by molar-refractivity contribution is -0.132. The number of benzene rings is 1. The van der Waals surface area contributed by atoms with Crippen molar-refractivity contribution in [2.24, 2.45) is 0 Å². The third kappa shape index (κ3) is 5.36. The van der Waals surface area contributed by atoms with Crippen molar-refractivity contribution in [3.05, 3.63) is 54.3 Å². The van der Waals surface area contributed by atoms with Crippen LogP contribution in [0.2, 0.25) is 0 Å². The van der Waals surface area contributed by atoms with E-state index >= 15 is 0 Å². The van der Waals surface area contributed by atoms with E-state index in [0.717, 1.165) is 18.4 Å². The number of rotatable bonds is 9. The zero-order chi connectivity index (χ0) is 26.5. The topological polar surface area (TPSA) is 130 Å². The van der Waals surface area contributed by atoms with Crippen molar-refractivity contribution < 1.29 is 23.3 Å². The molecule has 5 rings (SSSR count). The lowest BCUT2D eigenvalue weighted by Crippen LogP contribution is -2.44. The highest BCUT2D eigenvalue weighted by Gasteiger charge is 2.37. The van der Waals surface area contributed by atoms with Crippen LogP contribution >= 0.6 is 0 Å². The number of carbonyl (C=O) groups excluding carboxylic acids is 1. The molecule has 198 valence electrons. The van der Waals surface area contributed by atoms with Crippen LogP contribution in [-0.4, -0.2) is 63.4 Å². The first-order chi connectivity index (χ1) is 18.5. The largest absolute Gasteiger partial charge is 0.493 e. The minimum atomic E-state index is -0.252. The fourth-order valence-electron chi connectivity index (χ4n) is 4.53. The van der Waals surface area contributed by atoms with Gasteiger partial charge in [-0.05, 0) is 49.6 Å². The molecule has 4 heterocycles. The first kappa shape index (κ1) is 25.4. The Balaban J connectivity index is 1.11. The summed E-state index contributed by atoms with van der Waals surface area (Å²) < 4.78 is 21.5. The Kier molecular flexibility index (Phi) is 7.34. The number of nitrogens with zero attached hydrogens (tertiary/aromatic N) is 6. The summed E-state index contributed by atoms with van der Waals surface area (Å²) >= 11 is 0. The van der Waals surface area contributed by atoms with Crippen molar-refractivity contribution in [3.8, 4) is 34.5 Å². The van der Waals surface area contributed by atoms with Crippen molar-refractivity contribution in [3.63, 3.8) is 0 Å². The maximum absolute atomic E-state index is 12.9. The van der Waals surface area contributed by atoms with Crippen LogP contribution in [0, 0.1) is 0 Å². The zero-order valence-electron chi connectivity index (χ0n) is 21.7. The average Bonchev–Trinajstić information content (AvgIpc) is 3.64. The molecule has 0 bridgehead atoms. The van der Waals surface area contributed by atoms with Crippen LogP contribution in [0.4, 0.5) is 0 Å². The van der Waals surface area contributed by atoms with Gasteiger partial charge in [0.15, 0.2) is 17.3 Å². The molecule has 0 saturated carbocycles. The SMILES string of the molecule is COc1ccc(-c2noc(CCCC(=O)N3CCC(C)(c4noc(-c5ccccn5)n4)CC3)n2)cc1OC. The highest BCUT2D eigenvalue weighted by atomic mass is 16.5. The number of methoxy groups -OCH3 is 2. The predicted octanol–water partition coefficient (Wildman–Crippen LogP) is 4.10. The molecular weight excluding hydrogens is 488 g/mol. The number of pyridine rings is 1. The molecule has 0 N–H and O–H groups in total. The Hall–Kier alpha value is -4.28. The second-order valence-electron chi connectivity index (χ2n) is 9.51. The smallest absolute Gasteiger partial charge is 0.276 e. The van der Waals surface area contributed by atoms with Crippen LogP contribution in [0.15, 0.2) is 51.6 Å². The molecule has 0 unspecified atom stereocenters. The molecule has 1 aromatic carbocycles. The van der Waals surface area contributed by atoms with E-state index in [1.165, 1.54) is 0 Å². The Morgan fingerprint density at radius 3 is 2.58 bits per heavy atom. The summed E-state index contributed by atoms with van der Waals surface area (Å²) in [7, 11) is 3.16. The minimum absolute atomic E-state index is 0.119. The van der Waals surface area contributed by atoms with Crippen LogP contribution in [0.5, 0.6) is 11.5 Å². The van der Waals surface area contributed by atoms with E-state index in [1.807, 2.05) is 29.2 Å². The van der Waals surface area contributed by atoms with Gasteiger partial charge in [-0.15, -0.1) is 0 Å². The minimum Gasteiger partial charge on any atom is -0.493 e. The maximum Gasteiger partial charge on any atom is 0.276 e. The van der Waals surface area contributed by atoms with E-state index in [1.54, 1.807) is 32.5 Å². The number of aromatic nitrogens is 5. The van der Waals surface area contributed by atoms with Gasteiger partial charge in [-0.25, -0.2) is 0 Å². The molecule has 1 amide bonds. The fourth-order valence-corrected chi connectivity index (χ4v) is 4.53. The molecular formula is C27H30N6O5. The van der Waals surface area contributed by atoms with E-state index < -0.39 is 0 Å². The Bertz CT molecular complexity index is 1380. The highest BCUT2D eigenvalue weighted by molar-refractivity contribution is 5.76. The molecule has 0 spiro atoms. The standard InChI is InChI=1S/C27H30N6O5/c1-27(26-30-25(38-32-26)19-7-4-5-14-28-19)12-15-33(16-13-27)23(34)9-6-8-22-29-24(31-37-22)18-10-11-20(35-2)21(17-18)36-3/h4-5,7,10-11,14,17H,6,8-9,12-13,15-16H2,1-3H3. The van der Waals surface area contributed by atoms with Gasteiger partial charge >= 0.3 is 0 Å². The first-order valence-electron chi connectivity index (χ1n) is 12.6.